The number of hydrogen-bond donors (Lipinski definition) is 1. The first-order chi connectivity index (χ1) is 20.0. The van der Waals surface area contributed by atoms with Crippen LogP contribution in [0, 0.1) is 28.8 Å². The number of rotatable bonds is 11. The van der Waals surface area contributed by atoms with Crippen LogP contribution in [0.4, 0.5) is 13.2 Å². The third kappa shape index (κ3) is 9.60. The largest absolute Gasteiger partial charge is 1.00 e. The van der Waals surface area contributed by atoms with Crippen molar-refractivity contribution >= 4 is 25.7 Å². The molecule has 1 aliphatic rings. The van der Waals surface area contributed by atoms with Gasteiger partial charge in [-0.3, -0.25) is 4.57 Å². The summed E-state index contributed by atoms with van der Waals surface area (Å²) in [6, 6.07) is 8.60. The number of thioether (sulfide) groups is 1. The fourth-order valence-electron chi connectivity index (χ4n) is 4.31. The Morgan fingerprint density at radius 1 is 1.26 bits per heavy atom. The number of hydrogen-bond acceptors (Lipinski definition) is 9. The van der Waals surface area contributed by atoms with Crippen molar-refractivity contribution in [3.63, 3.8) is 0 Å². The van der Waals surface area contributed by atoms with Gasteiger partial charge in [0.05, 0.1) is 36.6 Å². The molecule has 0 saturated carbocycles. The van der Waals surface area contributed by atoms with Crippen molar-refractivity contribution in [2.45, 2.75) is 35.9 Å². The van der Waals surface area contributed by atoms with E-state index >= 15 is 4.39 Å². The zero-order valence-corrected chi connectivity index (χ0v) is 26.8. The van der Waals surface area contributed by atoms with Crippen molar-refractivity contribution < 1.29 is 71.1 Å². The molecule has 222 valence electrons. The van der Waals surface area contributed by atoms with Crippen LogP contribution in [0.3, 0.4) is 0 Å². The number of phosphoric acid groups is 1. The first-order valence-electron chi connectivity index (χ1n) is 12.4. The summed E-state index contributed by atoms with van der Waals surface area (Å²) in [7, 11) is -5.47. The summed E-state index contributed by atoms with van der Waals surface area (Å²) in [5.74, 6) is -2.49. The van der Waals surface area contributed by atoms with Crippen molar-refractivity contribution in [1.82, 2.24) is 14.8 Å². The van der Waals surface area contributed by atoms with E-state index in [-0.39, 0.29) is 65.7 Å². The van der Waals surface area contributed by atoms with E-state index in [9.17, 15) is 23.1 Å². The average Bonchev–Trinajstić information content (AvgIpc) is 3.44. The number of nitrogens with zero attached hydrogens (tertiary/aromatic N) is 4. The molecular weight excluding hydrogens is 619 g/mol. The molecule has 4 rings (SSSR count). The predicted octanol–water partition coefficient (Wildman–Crippen LogP) is 1.08. The van der Waals surface area contributed by atoms with Gasteiger partial charge in [-0.1, -0.05) is 37.3 Å². The predicted molar refractivity (Wildman–Crippen MR) is 145 cm³/mol. The number of phosphoric ester groups is 1. The average molecular weight is 645 g/mol. The zero-order chi connectivity index (χ0) is 30.3. The van der Waals surface area contributed by atoms with E-state index in [0.717, 1.165) is 30.0 Å². The second kappa shape index (κ2) is 15.6. The molecule has 16 heteroatoms. The summed E-state index contributed by atoms with van der Waals surface area (Å²) in [5, 5.41) is 11.5. The molecule has 10 nitrogen and oxygen atoms in total. The van der Waals surface area contributed by atoms with Crippen molar-refractivity contribution in [2.24, 2.45) is 0 Å². The van der Waals surface area contributed by atoms with Crippen LogP contribution in [0.25, 0.3) is 6.08 Å². The Balaban J connectivity index is 0.00000506. The van der Waals surface area contributed by atoms with Gasteiger partial charge < -0.3 is 23.8 Å². The molecule has 1 aliphatic heterocycles. The smallest absolute Gasteiger partial charge is 0.756 e. The molecule has 1 aromatic heterocycles. The van der Waals surface area contributed by atoms with Crippen LogP contribution in [0.1, 0.15) is 23.6 Å². The first-order valence-corrected chi connectivity index (χ1v) is 14.9. The minimum atomic E-state index is -5.47. The monoisotopic (exact) mass is 644 g/mol. The first kappa shape index (κ1) is 35.2. The topological polar surface area (TPSA) is 143 Å². The number of allylic oxidation sites excluding steroid dienone is 2. The maximum absolute atomic E-state index is 15.1. The van der Waals surface area contributed by atoms with Gasteiger partial charge in [0.15, 0.2) is 6.29 Å². The van der Waals surface area contributed by atoms with Gasteiger partial charge in [0.1, 0.15) is 35.7 Å². The minimum absolute atomic E-state index is 0. The fourth-order valence-corrected chi connectivity index (χ4v) is 6.47. The second-order valence-corrected chi connectivity index (χ2v) is 12.0. The molecule has 0 amide bonds. The Bertz CT molecular complexity index is 1530. The molecule has 2 aromatic carbocycles. The molecule has 0 radical (unpaired) electrons. The van der Waals surface area contributed by atoms with Gasteiger partial charge in [-0.2, -0.15) is 10.4 Å². The van der Waals surface area contributed by atoms with Crippen molar-refractivity contribution in [1.29, 1.82) is 5.26 Å². The number of ether oxygens (including phenoxy) is 2. The van der Waals surface area contributed by atoms with Crippen molar-refractivity contribution in [3.05, 3.63) is 101 Å². The Hall–Kier alpha value is -2.28. The Labute approximate surface area is 272 Å². The summed E-state index contributed by atoms with van der Waals surface area (Å²) in [5.41, 5.74) is -1.86. The summed E-state index contributed by atoms with van der Waals surface area (Å²) < 4.78 is 72.8. The van der Waals surface area contributed by atoms with Crippen LogP contribution in [-0.4, -0.2) is 49.7 Å². The van der Waals surface area contributed by atoms with Crippen molar-refractivity contribution in [3.8, 4) is 6.07 Å². The quantitative estimate of drug-likeness (QED) is 0.183. The van der Waals surface area contributed by atoms with Crippen LogP contribution in [0.5, 0.6) is 0 Å². The fraction of sp³-hybridized carbons (Fsp3) is 0.296. The number of nitriles is 1. The molecule has 0 spiro atoms. The van der Waals surface area contributed by atoms with Gasteiger partial charge in [-0.05, 0) is 24.3 Å². The molecule has 0 aliphatic carbocycles. The summed E-state index contributed by atoms with van der Waals surface area (Å²) in [4.78, 5) is 25.6. The van der Waals surface area contributed by atoms with Gasteiger partial charge >= 0.3 is 29.6 Å². The summed E-state index contributed by atoms with van der Waals surface area (Å²) >= 11 is 1.16. The number of halogens is 3. The molecule has 3 atom stereocenters. The Morgan fingerprint density at radius 3 is 2.60 bits per heavy atom. The van der Waals surface area contributed by atoms with Crippen LogP contribution in [0.2, 0.25) is 0 Å². The summed E-state index contributed by atoms with van der Waals surface area (Å²) in [6.45, 7) is 1.48. The Kier molecular flexibility index (Phi) is 12.8. The molecular formula is C27H25F3N4NaO6PS. The van der Waals surface area contributed by atoms with E-state index in [0.29, 0.717) is 11.6 Å². The maximum atomic E-state index is 15.1. The van der Waals surface area contributed by atoms with Gasteiger partial charge in [-0.25, -0.2) is 22.8 Å². The number of aromatic nitrogens is 3. The zero-order valence-electron chi connectivity index (χ0n) is 23.0. The van der Waals surface area contributed by atoms with Crippen molar-refractivity contribution in [2.75, 3.05) is 13.2 Å². The SMILES string of the molecule is C[C@@H](SC1COC(/C=C/C=C/c2ccc(C#N)cc2F)OC1)[C@@](Cn1cncn1)(OP(=O)([O-])O)c1ccc(F)cc1F.[Na+]. The van der Waals surface area contributed by atoms with Gasteiger partial charge in [0, 0.05) is 22.4 Å². The maximum Gasteiger partial charge on any atom is 1.00 e. The van der Waals surface area contributed by atoms with E-state index in [1.54, 1.807) is 25.2 Å². The van der Waals surface area contributed by atoms with E-state index in [1.165, 1.54) is 35.5 Å². The van der Waals surface area contributed by atoms with E-state index in [4.69, 9.17) is 19.3 Å². The molecule has 1 N–H and O–H groups in total. The van der Waals surface area contributed by atoms with E-state index in [2.05, 4.69) is 10.1 Å². The molecule has 2 heterocycles. The molecule has 3 aromatic rings. The van der Waals surface area contributed by atoms with Gasteiger partial charge in [0.2, 0.25) is 0 Å². The molecule has 43 heavy (non-hydrogen) atoms. The third-order valence-electron chi connectivity index (χ3n) is 6.26. The minimum Gasteiger partial charge on any atom is -0.756 e. The molecule has 1 saturated heterocycles. The van der Waals surface area contributed by atoms with Gasteiger partial charge in [0.25, 0.3) is 7.82 Å². The molecule has 1 unspecified atom stereocenters. The third-order valence-corrected chi connectivity index (χ3v) is 8.26. The normalized spacial score (nSPS) is 20.7. The van der Waals surface area contributed by atoms with Crippen LogP contribution in [-0.2, 0) is 30.7 Å². The molecule has 0 bridgehead atoms. The number of benzene rings is 2. The second-order valence-electron chi connectivity index (χ2n) is 9.19. The van der Waals surface area contributed by atoms with Gasteiger partial charge in [-0.15, -0.1) is 11.8 Å². The van der Waals surface area contributed by atoms with Crippen LogP contribution < -0.4 is 34.5 Å². The van der Waals surface area contributed by atoms with Crippen LogP contribution in [0.15, 0.2) is 67.3 Å². The van der Waals surface area contributed by atoms with E-state index < -0.39 is 42.4 Å². The summed E-state index contributed by atoms with van der Waals surface area (Å²) in [6.07, 6.45) is 8.05. The van der Waals surface area contributed by atoms with E-state index in [1.807, 2.05) is 6.07 Å². The van der Waals surface area contributed by atoms with Crippen LogP contribution >= 0.6 is 19.6 Å². The molecule has 1 fully saturated rings. The Morgan fingerprint density at radius 2 is 2.00 bits per heavy atom. The standard InChI is InChI=1S/C27H26F3N4O6PS.Na/c1-18(27(40-41(35,36)37,15-34-17-32-16-33-34)23-9-8-21(28)11-25(23)30)42-22-13-38-26(39-14-22)5-3-2-4-20-7-6-19(12-31)10-24(20)29;/h2-11,16-18,22,26H,13-15H2,1H3,(H2,35,36,37);/q;+1/p-1/b4-2+,5-3+;/t18-,22?,26?,27-;/m1./s1.